The number of ether oxygens (including phenoxy) is 2. The van der Waals surface area contributed by atoms with E-state index in [9.17, 15) is 14.7 Å². The van der Waals surface area contributed by atoms with Gasteiger partial charge in [-0.25, -0.2) is 0 Å². The predicted molar refractivity (Wildman–Crippen MR) is 205 cm³/mol. The van der Waals surface area contributed by atoms with Crippen molar-refractivity contribution in [1.29, 1.82) is 0 Å². The van der Waals surface area contributed by atoms with Crippen LogP contribution in [-0.2, 0) is 19.1 Å². The molecule has 0 saturated carbocycles. The second-order valence-corrected chi connectivity index (χ2v) is 13.0. The lowest BCUT2D eigenvalue weighted by atomic mass is 10.1. The van der Waals surface area contributed by atoms with Gasteiger partial charge >= 0.3 is 11.9 Å². The third-order valence-electron chi connectivity index (χ3n) is 8.28. The zero-order valence-electron chi connectivity index (χ0n) is 31.2. The minimum atomic E-state index is -0.796. The molecule has 0 aliphatic carbocycles. The van der Waals surface area contributed by atoms with Crippen molar-refractivity contribution < 1.29 is 24.2 Å². The highest BCUT2D eigenvalue weighted by molar-refractivity contribution is 5.70. The van der Waals surface area contributed by atoms with Crippen LogP contribution in [0, 0.1) is 0 Å². The molecule has 0 unspecified atom stereocenters. The number of carbonyl (C=O) groups excluding carboxylic acids is 2. The molecule has 0 spiro atoms. The van der Waals surface area contributed by atoms with Gasteiger partial charge in [0.2, 0.25) is 0 Å². The summed E-state index contributed by atoms with van der Waals surface area (Å²) in [6, 6.07) is 0. The standard InChI is InChI=1S/C43H74O5/c1-3-5-7-9-11-13-15-17-19-21-23-25-27-29-31-33-35-37-42(45)47-40-41(39-44)48-43(46)38-36-34-32-30-28-26-24-22-20-18-16-14-12-10-8-6-4-2/h11,13,17-20,23,25,29,31,41,44H,3-10,12,14-16,21-22,24,26-28,30,32-40H2,1-2H3/b13-11-,19-17-,20-18-,25-23-,31-29-/t41-/m0/s1. The first-order valence-corrected chi connectivity index (χ1v) is 19.8. The van der Waals surface area contributed by atoms with Crippen molar-refractivity contribution in [3.63, 3.8) is 0 Å². The quantitative estimate of drug-likeness (QED) is 0.0413. The summed E-state index contributed by atoms with van der Waals surface area (Å²) in [7, 11) is 0. The molecule has 0 aromatic rings. The van der Waals surface area contributed by atoms with E-state index >= 15 is 0 Å². The Hall–Kier alpha value is -2.40. The van der Waals surface area contributed by atoms with Crippen LogP contribution in [0.15, 0.2) is 60.8 Å². The fraction of sp³-hybridized carbons (Fsp3) is 0.721. The Bertz CT molecular complexity index is 853. The Labute approximate surface area is 296 Å². The Kier molecular flexibility index (Phi) is 37.1. The summed E-state index contributed by atoms with van der Waals surface area (Å²) in [4.78, 5) is 24.2. The summed E-state index contributed by atoms with van der Waals surface area (Å²) in [5, 5.41) is 9.55. The molecule has 0 heterocycles. The largest absolute Gasteiger partial charge is 0.462 e. The van der Waals surface area contributed by atoms with Gasteiger partial charge in [-0.05, 0) is 77.0 Å². The van der Waals surface area contributed by atoms with Crippen molar-refractivity contribution in [2.75, 3.05) is 13.2 Å². The predicted octanol–water partition coefficient (Wildman–Crippen LogP) is 12.4. The van der Waals surface area contributed by atoms with Gasteiger partial charge in [-0.1, -0.05) is 152 Å². The van der Waals surface area contributed by atoms with E-state index in [-0.39, 0.29) is 25.2 Å². The Balaban J connectivity index is 3.67. The molecular weight excluding hydrogens is 596 g/mol. The highest BCUT2D eigenvalue weighted by Crippen LogP contribution is 2.12. The van der Waals surface area contributed by atoms with Crippen molar-refractivity contribution in [3.8, 4) is 0 Å². The summed E-state index contributed by atoms with van der Waals surface area (Å²) in [6.45, 7) is 4.05. The molecule has 0 radical (unpaired) electrons. The number of hydrogen-bond acceptors (Lipinski definition) is 5. The van der Waals surface area contributed by atoms with Crippen LogP contribution in [0.5, 0.6) is 0 Å². The summed E-state index contributed by atoms with van der Waals surface area (Å²) >= 11 is 0. The maximum absolute atomic E-state index is 12.2. The van der Waals surface area contributed by atoms with Crippen LogP contribution in [0.3, 0.4) is 0 Å². The van der Waals surface area contributed by atoms with E-state index in [1.807, 2.05) is 0 Å². The number of hydrogen-bond donors (Lipinski definition) is 1. The molecule has 276 valence electrons. The van der Waals surface area contributed by atoms with Gasteiger partial charge < -0.3 is 14.6 Å². The molecular formula is C43H74O5. The zero-order chi connectivity index (χ0) is 35.0. The first kappa shape index (κ1) is 45.6. The fourth-order valence-corrected chi connectivity index (χ4v) is 5.25. The molecule has 0 aliphatic rings. The minimum absolute atomic E-state index is 0.0976. The topological polar surface area (TPSA) is 72.8 Å². The number of rotatable bonds is 35. The van der Waals surface area contributed by atoms with Gasteiger partial charge in [-0.15, -0.1) is 0 Å². The van der Waals surface area contributed by atoms with E-state index in [1.165, 1.54) is 103 Å². The Morgan fingerprint density at radius 3 is 1.38 bits per heavy atom. The second-order valence-electron chi connectivity index (χ2n) is 13.0. The average Bonchev–Trinajstić information content (AvgIpc) is 3.09. The van der Waals surface area contributed by atoms with Crippen molar-refractivity contribution in [2.24, 2.45) is 0 Å². The summed E-state index contributed by atoms with van der Waals surface area (Å²) in [6.07, 6.45) is 50.0. The summed E-state index contributed by atoms with van der Waals surface area (Å²) < 4.78 is 10.6. The first-order valence-electron chi connectivity index (χ1n) is 19.8. The summed E-state index contributed by atoms with van der Waals surface area (Å²) in [5.41, 5.74) is 0. The fourth-order valence-electron chi connectivity index (χ4n) is 5.25. The number of allylic oxidation sites excluding steroid dienone is 10. The molecule has 5 nitrogen and oxygen atoms in total. The van der Waals surface area contributed by atoms with Crippen LogP contribution in [0.1, 0.15) is 181 Å². The maximum atomic E-state index is 12.2. The van der Waals surface area contributed by atoms with Crippen LogP contribution in [0.4, 0.5) is 0 Å². The summed E-state index contributed by atoms with van der Waals surface area (Å²) in [5.74, 6) is -0.664. The van der Waals surface area contributed by atoms with Crippen LogP contribution >= 0.6 is 0 Å². The van der Waals surface area contributed by atoms with Crippen LogP contribution in [0.25, 0.3) is 0 Å². The normalized spacial score (nSPS) is 12.8. The third kappa shape index (κ3) is 36.4. The van der Waals surface area contributed by atoms with Gasteiger partial charge in [-0.3, -0.25) is 9.59 Å². The third-order valence-corrected chi connectivity index (χ3v) is 8.28. The van der Waals surface area contributed by atoms with E-state index in [1.54, 1.807) is 0 Å². The highest BCUT2D eigenvalue weighted by Gasteiger charge is 2.16. The molecule has 48 heavy (non-hydrogen) atoms. The molecule has 0 fully saturated rings. The minimum Gasteiger partial charge on any atom is -0.462 e. The van der Waals surface area contributed by atoms with Crippen LogP contribution < -0.4 is 0 Å². The van der Waals surface area contributed by atoms with E-state index < -0.39 is 6.10 Å². The van der Waals surface area contributed by atoms with Crippen molar-refractivity contribution in [3.05, 3.63) is 60.8 Å². The van der Waals surface area contributed by atoms with Gasteiger partial charge in [0.15, 0.2) is 6.10 Å². The van der Waals surface area contributed by atoms with E-state index in [0.29, 0.717) is 19.3 Å². The molecule has 0 amide bonds. The molecule has 1 N–H and O–H groups in total. The maximum Gasteiger partial charge on any atom is 0.306 e. The second kappa shape index (κ2) is 39.0. The number of esters is 2. The monoisotopic (exact) mass is 671 g/mol. The van der Waals surface area contributed by atoms with E-state index in [0.717, 1.165) is 44.9 Å². The zero-order valence-corrected chi connectivity index (χ0v) is 31.2. The lowest BCUT2D eigenvalue weighted by Gasteiger charge is -2.15. The van der Waals surface area contributed by atoms with Gasteiger partial charge in [-0.2, -0.15) is 0 Å². The molecule has 1 atom stereocenters. The highest BCUT2D eigenvalue weighted by atomic mass is 16.6. The SMILES string of the molecule is CCCCC/C=C\C/C=C\C/C=C\C/C=C\CCCC(=O)OC[C@H](CO)OC(=O)CCCCCCCCC/C=C\CCCCCCCC. The lowest BCUT2D eigenvalue weighted by molar-refractivity contribution is -0.161. The van der Waals surface area contributed by atoms with Crippen molar-refractivity contribution in [1.82, 2.24) is 0 Å². The molecule has 0 bridgehead atoms. The Morgan fingerprint density at radius 1 is 0.479 bits per heavy atom. The molecule has 5 heteroatoms. The van der Waals surface area contributed by atoms with Crippen LogP contribution in [-0.4, -0.2) is 36.4 Å². The molecule has 0 aromatic heterocycles. The molecule has 0 rings (SSSR count). The number of unbranched alkanes of at least 4 members (excludes halogenated alkanes) is 17. The number of carbonyl (C=O) groups is 2. The molecule has 0 aliphatic heterocycles. The lowest BCUT2D eigenvalue weighted by Crippen LogP contribution is -2.28. The van der Waals surface area contributed by atoms with E-state index in [2.05, 4.69) is 74.6 Å². The van der Waals surface area contributed by atoms with Gasteiger partial charge in [0.1, 0.15) is 6.61 Å². The molecule has 0 aromatic carbocycles. The average molecular weight is 671 g/mol. The number of aliphatic hydroxyl groups is 1. The van der Waals surface area contributed by atoms with Crippen molar-refractivity contribution in [2.45, 2.75) is 187 Å². The van der Waals surface area contributed by atoms with Gasteiger partial charge in [0.05, 0.1) is 6.61 Å². The number of aliphatic hydroxyl groups excluding tert-OH is 1. The first-order chi connectivity index (χ1) is 23.6. The smallest absolute Gasteiger partial charge is 0.306 e. The van der Waals surface area contributed by atoms with Crippen LogP contribution in [0.2, 0.25) is 0 Å². The van der Waals surface area contributed by atoms with Crippen molar-refractivity contribution >= 4 is 11.9 Å². The van der Waals surface area contributed by atoms with Gasteiger partial charge in [0.25, 0.3) is 0 Å². The van der Waals surface area contributed by atoms with Gasteiger partial charge in [0, 0.05) is 12.8 Å². The molecule has 0 saturated heterocycles. The Morgan fingerprint density at radius 2 is 0.854 bits per heavy atom. The van der Waals surface area contributed by atoms with E-state index in [4.69, 9.17) is 9.47 Å².